The van der Waals surface area contributed by atoms with Crippen LogP contribution in [0.25, 0.3) is 10.9 Å². The summed E-state index contributed by atoms with van der Waals surface area (Å²) in [5.41, 5.74) is 2.24. The maximum Gasteiger partial charge on any atom is 0.255 e. The molecule has 3 aromatic rings. The summed E-state index contributed by atoms with van der Waals surface area (Å²) in [6.07, 6.45) is 4.66. The van der Waals surface area contributed by atoms with E-state index >= 15 is 0 Å². The first kappa shape index (κ1) is 18.6. The molecule has 0 bridgehead atoms. The number of allylic oxidation sites excluding steroid dienone is 1. The Kier molecular flexibility index (Phi) is 5.81. The Balaban J connectivity index is 1.77. The van der Waals surface area contributed by atoms with Crippen molar-refractivity contribution in [1.82, 2.24) is 4.98 Å². The summed E-state index contributed by atoms with van der Waals surface area (Å²) in [7, 11) is 0. The van der Waals surface area contributed by atoms with Gasteiger partial charge in [0.2, 0.25) is 0 Å². The summed E-state index contributed by atoms with van der Waals surface area (Å²) < 4.78 is 20.0. The SMILES string of the molecule is CCC=CCOc1cccc(NC(=O)c2ccc3nc(C)ccc3c2)c1F. The predicted octanol–water partition coefficient (Wildman–Crippen LogP) is 5.28. The van der Waals surface area contributed by atoms with Gasteiger partial charge in [-0.25, -0.2) is 4.39 Å². The van der Waals surface area contributed by atoms with Crippen molar-refractivity contribution in [3.05, 3.63) is 77.8 Å². The second-order valence-electron chi connectivity index (χ2n) is 6.12. The number of benzene rings is 2. The Morgan fingerprint density at radius 1 is 1.19 bits per heavy atom. The Morgan fingerprint density at radius 2 is 2.04 bits per heavy atom. The molecular formula is C22H21FN2O2. The third-order valence-electron chi connectivity index (χ3n) is 4.04. The lowest BCUT2D eigenvalue weighted by atomic mass is 10.1. The molecule has 5 heteroatoms. The first-order valence-corrected chi connectivity index (χ1v) is 8.83. The number of carbonyl (C=O) groups excluding carboxylic acids is 1. The van der Waals surface area contributed by atoms with Crippen LogP contribution in [0.2, 0.25) is 0 Å². The van der Waals surface area contributed by atoms with Crippen molar-refractivity contribution in [3.63, 3.8) is 0 Å². The van der Waals surface area contributed by atoms with E-state index in [0.717, 1.165) is 23.0 Å². The second kappa shape index (κ2) is 8.45. The largest absolute Gasteiger partial charge is 0.486 e. The van der Waals surface area contributed by atoms with Crippen LogP contribution in [0.5, 0.6) is 5.75 Å². The Labute approximate surface area is 157 Å². The molecule has 27 heavy (non-hydrogen) atoms. The first-order chi connectivity index (χ1) is 13.1. The normalized spacial score (nSPS) is 11.1. The molecule has 0 saturated heterocycles. The molecule has 2 aromatic carbocycles. The van der Waals surface area contributed by atoms with Crippen molar-refractivity contribution in [2.45, 2.75) is 20.3 Å². The fourth-order valence-electron chi connectivity index (χ4n) is 2.65. The van der Waals surface area contributed by atoms with Crippen LogP contribution in [0.1, 0.15) is 29.4 Å². The highest BCUT2D eigenvalue weighted by Crippen LogP contribution is 2.25. The van der Waals surface area contributed by atoms with Gasteiger partial charge in [-0.05, 0) is 49.7 Å². The molecule has 0 radical (unpaired) electrons. The molecule has 4 nitrogen and oxygen atoms in total. The molecule has 1 amide bonds. The van der Waals surface area contributed by atoms with Crippen molar-refractivity contribution < 1.29 is 13.9 Å². The summed E-state index contributed by atoms with van der Waals surface area (Å²) in [5.74, 6) is -0.875. The minimum Gasteiger partial charge on any atom is -0.486 e. The van der Waals surface area contributed by atoms with Crippen LogP contribution in [0.4, 0.5) is 10.1 Å². The zero-order valence-corrected chi connectivity index (χ0v) is 15.3. The number of hydrogen-bond donors (Lipinski definition) is 1. The summed E-state index contributed by atoms with van der Waals surface area (Å²) in [5, 5.41) is 3.47. The highest BCUT2D eigenvalue weighted by molar-refractivity contribution is 6.06. The predicted molar refractivity (Wildman–Crippen MR) is 106 cm³/mol. The zero-order valence-electron chi connectivity index (χ0n) is 15.3. The molecule has 1 N–H and O–H groups in total. The highest BCUT2D eigenvalue weighted by Gasteiger charge is 2.13. The third kappa shape index (κ3) is 4.50. The fraction of sp³-hybridized carbons (Fsp3) is 0.182. The van der Waals surface area contributed by atoms with Gasteiger partial charge < -0.3 is 10.1 Å². The molecule has 3 rings (SSSR count). The van der Waals surface area contributed by atoms with Crippen LogP contribution in [0, 0.1) is 12.7 Å². The van der Waals surface area contributed by atoms with Crippen LogP contribution in [-0.2, 0) is 0 Å². The number of aromatic nitrogens is 1. The number of anilines is 1. The number of halogens is 1. The number of hydrogen-bond acceptors (Lipinski definition) is 3. The topological polar surface area (TPSA) is 51.2 Å². The van der Waals surface area contributed by atoms with Crippen LogP contribution >= 0.6 is 0 Å². The van der Waals surface area contributed by atoms with Gasteiger partial charge in [-0.15, -0.1) is 0 Å². The lowest BCUT2D eigenvalue weighted by Crippen LogP contribution is -2.13. The minimum absolute atomic E-state index is 0.0825. The maximum absolute atomic E-state index is 14.6. The number of carbonyl (C=O) groups is 1. The average molecular weight is 364 g/mol. The number of ether oxygens (including phenoxy) is 1. The van der Waals surface area contributed by atoms with Gasteiger partial charge in [-0.1, -0.05) is 31.2 Å². The first-order valence-electron chi connectivity index (χ1n) is 8.83. The van der Waals surface area contributed by atoms with E-state index < -0.39 is 5.82 Å². The van der Waals surface area contributed by atoms with Gasteiger partial charge in [0.25, 0.3) is 5.91 Å². The van der Waals surface area contributed by atoms with Crippen LogP contribution < -0.4 is 10.1 Å². The van der Waals surface area contributed by atoms with E-state index in [1.165, 1.54) is 12.1 Å². The standard InChI is InChI=1S/C22H21FN2O2/c1-3-4-5-13-27-20-8-6-7-19(21(20)23)25-22(26)17-11-12-18-16(14-17)10-9-15(2)24-18/h4-12,14H,3,13H2,1-2H3,(H,25,26). The maximum atomic E-state index is 14.6. The minimum atomic E-state index is -0.589. The van der Waals surface area contributed by atoms with E-state index in [9.17, 15) is 9.18 Å². The molecule has 0 saturated carbocycles. The molecular weight excluding hydrogens is 343 g/mol. The van der Waals surface area contributed by atoms with E-state index in [0.29, 0.717) is 5.56 Å². The molecule has 1 aromatic heterocycles. The molecule has 0 aliphatic carbocycles. The van der Waals surface area contributed by atoms with Crippen LogP contribution in [0.15, 0.2) is 60.7 Å². The van der Waals surface area contributed by atoms with Crippen molar-refractivity contribution in [3.8, 4) is 5.75 Å². The lowest BCUT2D eigenvalue weighted by Gasteiger charge is -2.11. The van der Waals surface area contributed by atoms with Gasteiger partial charge in [-0.2, -0.15) is 0 Å². The van der Waals surface area contributed by atoms with Gasteiger partial charge in [0.05, 0.1) is 11.2 Å². The molecule has 0 fully saturated rings. The van der Waals surface area contributed by atoms with E-state index in [1.807, 2.05) is 38.1 Å². The number of nitrogens with zero attached hydrogens (tertiary/aromatic N) is 1. The zero-order chi connectivity index (χ0) is 19.2. The molecule has 138 valence electrons. The number of aryl methyl sites for hydroxylation is 1. The second-order valence-corrected chi connectivity index (χ2v) is 6.12. The number of fused-ring (bicyclic) bond motifs is 1. The number of pyridine rings is 1. The Bertz CT molecular complexity index is 999. The van der Waals surface area contributed by atoms with E-state index in [2.05, 4.69) is 10.3 Å². The van der Waals surface area contributed by atoms with Gasteiger partial charge in [0.1, 0.15) is 6.61 Å². The van der Waals surface area contributed by atoms with Crippen molar-refractivity contribution in [1.29, 1.82) is 0 Å². The van der Waals surface area contributed by atoms with Gasteiger partial charge >= 0.3 is 0 Å². The van der Waals surface area contributed by atoms with Crippen LogP contribution in [-0.4, -0.2) is 17.5 Å². The van der Waals surface area contributed by atoms with E-state index in [-0.39, 0.29) is 24.0 Å². The number of rotatable bonds is 6. The van der Waals surface area contributed by atoms with Gasteiger partial charge in [0.15, 0.2) is 11.6 Å². The van der Waals surface area contributed by atoms with Crippen molar-refractivity contribution in [2.24, 2.45) is 0 Å². The Hall–Kier alpha value is -3.21. The van der Waals surface area contributed by atoms with Gasteiger partial charge in [0, 0.05) is 16.6 Å². The molecule has 0 aliphatic rings. The quantitative estimate of drug-likeness (QED) is 0.606. The highest BCUT2D eigenvalue weighted by atomic mass is 19.1. The monoisotopic (exact) mass is 364 g/mol. The molecule has 0 unspecified atom stereocenters. The lowest BCUT2D eigenvalue weighted by molar-refractivity contribution is 0.102. The van der Waals surface area contributed by atoms with Crippen LogP contribution in [0.3, 0.4) is 0 Å². The molecule has 0 aliphatic heterocycles. The fourth-order valence-corrected chi connectivity index (χ4v) is 2.65. The van der Waals surface area contributed by atoms with E-state index in [1.54, 1.807) is 24.3 Å². The van der Waals surface area contributed by atoms with Crippen molar-refractivity contribution in [2.75, 3.05) is 11.9 Å². The molecule has 0 atom stereocenters. The average Bonchev–Trinajstić information content (AvgIpc) is 2.67. The smallest absolute Gasteiger partial charge is 0.255 e. The van der Waals surface area contributed by atoms with Gasteiger partial charge in [-0.3, -0.25) is 9.78 Å². The Morgan fingerprint density at radius 3 is 2.85 bits per heavy atom. The number of nitrogens with one attached hydrogen (secondary N) is 1. The summed E-state index contributed by atoms with van der Waals surface area (Å²) in [6, 6.07) is 13.7. The summed E-state index contributed by atoms with van der Waals surface area (Å²) in [6.45, 7) is 4.20. The molecule has 1 heterocycles. The van der Waals surface area contributed by atoms with Crippen molar-refractivity contribution >= 4 is 22.5 Å². The number of amides is 1. The third-order valence-corrected chi connectivity index (χ3v) is 4.04. The molecule has 0 spiro atoms. The van der Waals surface area contributed by atoms with E-state index in [4.69, 9.17) is 4.74 Å². The summed E-state index contributed by atoms with van der Waals surface area (Å²) >= 11 is 0. The summed E-state index contributed by atoms with van der Waals surface area (Å²) in [4.78, 5) is 17.0.